The smallest absolute Gasteiger partial charge is 0.0540 e. The van der Waals surface area contributed by atoms with E-state index in [9.17, 15) is 5.11 Å². The molecule has 1 aromatic carbocycles. The normalized spacial score (nSPS) is 19.0. The highest BCUT2D eigenvalue weighted by molar-refractivity contribution is 5.36. The van der Waals surface area contributed by atoms with E-state index in [1.165, 1.54) is 24.8 Å². The van der Waals surface area contributed by atoms with E-state index in [0.717, 1.165) is 25.1 Å². The summed E-state index contributed by atoms with van der Waals surface area (Å²) in [7, 11) is 0. The topological polar surface area (TPSA) is 43.7 Å². The standard InChI is InChI=1S/C18H25NO2/c20-13-4-2-5-16-7-9-17(10-8-16)15-19-12-3-1-6-18(19)11-14-21/h7-10,18,20-21H,1,3-4,6,11-15H2. The molecular weight excluding hydrogens is 262 g/mol. The van der Waals surface area contributed by atoms with Crippen LogP contribution >= 0.6 is 0 Å². The number of hydrogen-bond acceptors (Lipinski definition) is 3. The van der Waals surface area contributed by atoms with E-state index < -0.39 is 0 Å². The summed E-state index contributed by atoms with van der Waals surface area (Å²) in [5.74, 6) is 5.99. The van der Waals surface area contributed by atoms with E-state index in [1.807, 2.05) is 12.1 Å². The van der Waals surface area contributed by atoms with E-state index in [4.69, 9.17) is 5.11 Å². The summed E-state index contributed by atoms with van der Waals surface area (Å²) < 4.78 is 0. The highest BCUT2D eigenvalue weighted by atomic mass is 16.3. The highest BCUT2D eigenvalue weighted by Crippen LogP contribution is 2.21. The van der Waals surface area contributed by atoms with Gasteiger partial charge in [0.05, 0.1) is 6.61 Å². The molecule has 114 valence electrons. The van der Waals surface area contributed by atoms with Crippen LogP contribution in [0.4, 0.5) is 0 Å². The Labute approximate surface area is 127 Å². The van der Waals surface area contributed by atoms with Gasteiger partial charge in [0, 0.05) is 31.2 Å². The Hall–Kier alpha value is -1.34. The Bertz CT molecular complexity index is 470. The van der Waals surface area contributed by atoms with Gasteiger partial charge in [0.2, 0.25) is 0 Å². The predicted molar refractivity (Wildman–Crippen MR) is 84.8 cm³/mol. The molecule has 2 N–H and O–H groups in total. The molecule has 21 heavy (non-hydrogen) atoms. The quantitative estimate of drug-likeness (QED) is 0.816. The molecule has 0 aliphatic carbocycles. The summed E-state index contributed by atoms with van der Waals surface area (Å²) in [5.41, 5.74) is 2.30. The van der Waals surface area contributed by atoms with Gasteiger partial charge in [-0.15, -0.1) is 0 Å². The minimum atomic E-state index is 0.117. The molecule has 0 bridgehead atoms. The van der Waals surface area contributed by atoms with Crippen LogP contribution in [0.3, 0.4) is 0 Å². The Morgan fingerprint density at radius 3 is 2.62 bits per heavy atom. The van der Waals surface area contributed by atoms with E-state index in [0.29, 0.717) is 12.5 Å². The van der Waals surface area contributed by atoms with E-state index in [1.54, 1.807) is 0 Å². The van der Waals surface area contributed by atoms with Crippen molar-refractivity contribution >= 4 is 0 Å². The van der Waals surface area contributed by atoms with Crippen LogP contribution in [-0.4, -0.2) is 40.9 Å². The van der Waals surface area contributed by atoms with Crippen LogP contribution in [0, 0.1) is 11.8 Å². The second kappa shape index (κ2) is 8.84. The van der Waals surface area contributed by atoms with E-state index in [2.05, 4.69) is 28.9 Å². The molecule has 1 saturated heterocycles. The lowest BCUT2D eigenvalue weighted by Crippen LogP contribution is -2.39. The Kier molecular flexibility index (Phi) is 6.75. The van der Waals surface area contributed by atoms with Gasteiger partial charge in [-0.2, -0.15) is 0 Å². The summed E-state index contributed by atoms with van der Waals surface area (Å²) in [5, 5.41) is 17.9. The SMILES string of the molecule is OCCC#Cc1ccc(CN2CCCCC2CCO)cc1. The Morgan fingerprint density at radius 1 is 1.10 bits per heavy atom. The van der Waals surface area contributed by atoms with Crippen molar-refractivity contribution in [2.24, 2.45) is 0 Å². The molecule has 1 heterocycles. The molecule has 1 aromatic rings. The van der Waals surface area contributed by atoms with Crippen LogP contribution < -0.4 is 0 Å². The Balaban J connectivity index is 1.94. The third kappa shape index (κ3) is 5.17. The molecule has 1 fully saturated rings. The number of aliphatic hydroxyl groups is 2. The van der Waals surface area contributed by atoms with Gasteiger partial charge in [-0.3, -0.25) is 4.90 Å². The third-order valence-corrected chi connectivity index (χ3v) is 4.02. The lowest BCUT2D eigenvalue weighted by atomic mass is 9.98. The monoisotopic (exact) mass is 287 g/mol. The molecule has 0 saturated carbocycles. The number of rotatable bonds is 5. The van der Waals surface area contributed by atoms with Crippen LogP contribution in [0.2, 0.25) is 0 Å². The number of likely N-dealkylation sites (tertiary alicyclic amines) is 1. The van der Waals surface area contributed by atoms with Crippen LogP contribution in [0.15, 0.2) is 24.3 Å². The third-order valence-electron chi connectivity index (χ3n) is 4.02. The lowest BCUT2D eigenvalue weighted by Gasteiger charge is -2.35. The second-order valence-corrected chi connectivity index (χ2v) is 5.60. The molecule has 0 aromatic heterocycles. The van der Waals surface area contributed by atoms with Crippen molar-refractivity contribution in [1.29, 1.82) is 0 Å². The summed E-state index contributed by atoms with van der Waals surface area (Å²) in [6, 6.07) is 8.88. The number of aliphatic hydroxyl groups excluding tert-OH is 2. The average molecular weight is 287 g/mol. The summed E-state index contributed by atoms with van der Waals surface area (Å²) >= 11 is 0. The zero-order valence-electron chi connectivity index (χ0n) is 12.6. The fraction of sp³-hybridized carbons (Fsp3) is 0.556. The van der Waals surface area contributed by atoms with Gasteiger partial charge in [0.25, 0.3) is 0 Å². The maximum Gasteiger partial charge on any atom is 0.0540 e. The molecule has 2 rings (SSSR count). The van der Waals surface area contributed by atoms with Crippen LogP contribution in [0.1, 0.15) is 43.2 Å². The zero-order valence-corrected chi connectivity index (χ0v) is 12.6. The Morgan fingerprint density at radius 2 is 1.90 bits per heavy atom. The molecule has 3 nitrogen and oxygen atoms in total. The minimum absolute atomic E-state index is 0.117. The van der Waals surface area contributed by atoms with Crippen molar-refractivity contribution in [3.8, 4) is 11.8 Å². The summed E-state index contributed by atoms with van der Waals surface area (Å²) in [6.07, 6.45) is 5.14. The van der Waals surface area contributed by atoms with E-state index >= 15 is 0 Å². The van der Waals surface area contributed by atoms with Crippen molar-refractivity contribution in [1.82, 2.24) is 4.90 Å². The van der Waals surface area contributed by atoms with Gasteiger partial charge < -0.3 is 10.2 Å². The van der Waals surface area contributed by atoms with Gasteiger partial charge in [0.15, 0.2) is 0 Å². The fourth-order valence-corrected chi connectivity index (χ4v) is 2.89. The predicted octanol–water partition coefficient (Wildman–Crippen LogP) is 2.16. The molecule has 1 aliphatic rings. The van der Waals surface area contributed by atoms with Crippen molar-refractivity contribution in [2.75, 3.05) is 19.8 Å². The van der Waals surface area contributed by atoms with Gasteiger partial charge >= 0.3 is 0 Å². The largest absolute Gasteiger partial charge is 0.396 e. The molecule has 0 spiro atoms. The van der Waals surface area contributed by atoms with Crippen molar-refractivity contribution < 1.29 is 10.2 Å². The van der Waals surface area contributed by atoms with Crippen molar-refractivity contribution in [3.05, 3.63) is 35.4 Å². The fourth-order valence-electron chi connectivity index (χ4n) is 2.89. The van der Waals surface area contributed by atoms with Gasteiger partial charge in [0.1, 0.15) is 0 Å². The first-order valence-electron chi connectivity index (χ1n) is 7.87. The minimum Gasteiger partial charge on any atom is -0.396 e. The lowest BCUT2D eigenvalue weighted by molar-refractivity contribution is 0.112. The van der Waals surface area contributed by atoms with Crippen LogP contribution in [0.25, 0.3) is 0 Å². The number of nitrogens with zero attached hydrogens (tertiary/aromatic N) is 1. The average Bonchev–Trinajstić information content (AvgIpc) is 2.51. The first kappa shape index (κ1) is 16.0. The molecule has 1 aliphatic heterocycles. The summed E-state index contributed by atoms with van der Waals surface area (Å²) in [6.45, 7) is 2.48. The molecule has 0 amide bonds. The van der Waals surface area contributed by atoms with Crippen molar-refractivity contribution in [2.45, 2.75) is 44.7 Å². The molecule has 1 atom stereocenters. The number of hydrogen-bond donors (Lipinski definition) is 2. The van der Waals surface area contributed by atoms with E-state index in [-0.39, 0.29) is 13.2 Å². The van der Waals surface area contributed by atoms with Gasteiger partial charge in [-0.25, -0.2) is 0 Å². The molecule has 1 unspecified atom stereocenters. The molecule has 3 heteroatoms. The number of benzene rings is 1. The second-order valence-electron chi connectivity index (χ2n) is 5.60. The van der Waals surface area contributed by atoms with Gasteiger partial charge in [-0.1, -0.05) is 30.4 Å². The number of piperidine rings is 1. The molecular formula is C18H25NO2. The van der Waals surface area contributed by atoms with Crippen molar-refractivity contribution in [3.63, 3.8) is 0 Å². The maximum absolute atomic E-state index is 9.18. The zero-order chi connectivity index (χ0) is 14.9. The van der Waals surface area contributed by atoms with Crippen LogP contribution in [-0.2, 0) is 6.54 Å². The van der Waals surface area contributed by atoms with Gasteiger partial charge in [-0.05, 0) is 43.5 Å². The maximum atomic E-state index is 9.18. The van der Waals surface area contributed by atoms with Crippen LogP contribution in [0.5, 0.6) is 0 Å². The first-order chi connectivity index (χ1) is 10.3. The first-order valence-corrected chi connectivity index (χ1v) is 7.87. The summed E-state index contributed by atoms with van der Waals surface area (Å²) in [4.78, 5) is 2.49. The highest BCUT2D eigenvalue weighted by Gasteiger charge is 2.21. The molecule has 0 radical (unpaired) electrons.